The van der Waals surface area contributed by atoms with Crippen LogP contribution in [0.25, 0.3) is 0 Å². The molecule has 0 amide bonds. The van der Waals surface area contributed by atoms with Gasteiger partial charge >= 0.3 is 0 Å². The highest BCUT2D eigenvalue weighted by atomic mass is 32.2. The molecule has 1 fully saturated rings. The molecule has 1 aliphatic rings. The van der Waals surface area contributed by atoms with Crippen molar-refractivity contribution in [1.82, 2.24) is 9.21 Å². The minimum atomic E-state index is -3.44. The number of piperidine rings is 1. The summed E-state index contributed by atoms with van der Waals surface area (Å²) in [5.41, 5.74) is 7.00. The molecule has 2 rings (SSSR count). The van der Waals surface area contributed by atoms with E-state index in [9.17, 15) is 8.42 Å². The molecule has 0 radical (unpaired) electrons. The molecule has 1 atom stereocenters. The van der Waals surface area contributed by atoms with Gasteiger partial charge in [-0.25, -0.2) is 8.42 Å². The van der Waals surface area contributed by atoms with Crippen LogP contribution in [0, 0.1) is 5.41 Å². The smallest absolute Gasteiger partial charge is 0.243 e. The van der Waals surface area contributed by atoms with Crippen LogP contribution < -0.4 is 5.73 Å². The Bertz CT molecular complexity index is 609. The Hall–Kier alpha value is -0.950. The van der Waals surface area contributed by atoms with Crippen molar-refractivity contribution in [2.75, 3.05) is 27.2 Å². The second kappa shape index (κ2) is 6.28. The molecule has 0 aromatic heterocycles. The van der Waals surface area contributed by atoms with Gasteiger partial charge in [-0.3, -0.25) is 0 Å². The van der Waals surface area contributed by atoms with Crippen LogP contribution in [0.2, 0.25) is 0 Å². The topological polar surface area (TPSA) is 66.6 Å². The van der Waals surface area contributed by atoms with Gasteiger partial charge in [-0.1, -0.05) is 26.0 Å². The van der Waals surface area contributed by atoms with Gasteiger partial charge in [-0.05, 0) is 43.6 Å². The number of nitrogens with two attached hydrogens (primary N) is 1. The molecule has 0 aliphatic carbocycles. The van der Waals surface area contributed by atoms with Gasteiger partial charge in [-0.2, -0.15) is 4.31 Å². The van der Waals surface area contributed by atoms with Crippen LogP contribution in [0.1, 0.15) is 25.8 Å². The fourth-order valence-electron chi connectivity index (χ4n) is 2.81. The van der Waals surface area contributed by atoms with Crippen LogP contribution in [0.3, 0.4) is 0 Å². The van der Waals surface area contributed by atoms with E-state index in [-0.39, 0.29) is 11.5 Å². The highest BCUT2D eigenvalue weighted by Gasteiger charge is 2.38. The number of benzene rings is 1. The van der Waals surface area contributed by atoms with Crippen LogP contribution in [-0.4, -0.2) is 50.8 Å². The summed E-state index contributed by atoms with van der Waals surface area (Å²) in [6.45, 7) is 5.81. The summed E-state index contributed by atoms with van der Waals surface area (Å²) in [7, 11) is 0.542. The summed E-state index contributed by atoms with van der Waals surface area (Å²) in [6, 6.07) is 7.22. The molecule has 1 saturated heterocycles. The maximum absolute atomic E-state index is 12.8. The Morgan fingerprint density at radius 1 is 1.27 bits per heavy atom. The lowest BCUT2D eigenvalue weighted by atomic mass is 9.81. The van der Waals surface area contributed by atoms with E-state index in [0.29, 0.717) is 24.4 Å². The predicted octanol–water partition coefficient (Wildman–Crippen LogP) is 1.50. The maximum atomic E-state index is 12.8. The van der Waals surface area contributed by atoms with Crippen LogP contribution >= 0.6 is 0 Å². The third-order valence-electron chi connectivity index (χ3n) is 4.34. The fraction of sp³-hybridized carbons (Fsp3) is 0.625. The van der Waals surface area contributed by atoms with Crippen LogP contribution in [0.4, 0.5) is 0 Å². The average molecular weight is 325 g/mol. The molecule has 22 heavy (non-hydrogen) atoms. The number of hydrogen-bond donors (Lipinski definition) is 1. The second-order valence-electron chi connectivity index (χ2n) is 7.10. The molecule has 5 nitrogen and oxygen atoms in total. The van der Waals surface area contributed by atoms with Gasteiger partial charge in [0, 0.05) is 25.7 Å². The molecule has 124 valence electrons. The predicted molar refractivity (Wildman–Crippen MR) is 89.0 cm³/mol. The lowest BCUT2D eigenvalue weighted by Gasteiger charge is -2.41. The Morgan fingerprint density at radius 3 is 2.36 bits per heavy atom. The third kappa shape index (κ3) is 3.68. The molecule has 1 aliphatic heterocycles. The molecular formula is C16H27N3O2S. The lowest BCUT2D eigenvalue weighted by Crippen LogP contribution is -2.53. The first-order chi connectivity index (χ1) is 10.1. The molecule has 0 bridgehead atoms. The zero-order valence-electron chi connectivity index (χ0n) is 13.9. The maximum Gasteiger partial charge on any atom is 0.243 e. The Labute approximate surface area is 134 Å². The molecule has 2 N–H and O–H groups in total. The minimum Gasteiger partial charge on any atom is -0.327 e. The Morgan fingerprint density at radius 2 is 1.86 bits per heavy atom. The van der Waals surface area contributed by atoms with Crippen molar-refractivity contribution in [2.45, 2.75) is 37.8 Å². The van der Waals surface area contributed by atoms with Gasteiger partial charge < -0.3 is 10.6 Å². The minimum absolute atomic E-state index is 0.0430. The average Bonchev–Trinajstić information content (AvgIpc) is 2.41. The van der Waals surface area contributed by atoms with Crippen molar-refractivity contribution in [3.8, 4) is 0 Å². The van der Waals surface area contributed by atoms with E-state index in [0.717, 1.165) is 12.1 Å². The summed E-state index contributed by atoms with van der Waals surface area (Å²) in [4.78, 5) is 2.42. The molecule has 1 aromatic rings. The van der Waals surface area contributed by atoms with Crippen LogP contribution in [0.5, 0.6) is 0 Å². The van der Waals surface area contributed by atoms with E-state index in [4.69, 9.17) is 5.73 Å². The normalized spacial score (nSPS) is 22.9. The summed E-state index contributed by atoms with van der Waals surface area (Å²) < 4.78 is 27.1. The molecule has 0 saturated carbocycles. The van der Waals surface area contributed by atoms with Gasteiger partial charge in [0.15, 0.2) is 0 Å². The first kappa shape index (κ1) is 17.4. The van der Waals surface area contributed by atoms with Gasteiger partial charge in [0.2, 0.25) is 10.0 Å². The summed E-state index contributed by atoms with van der Waals surface area (Å²) in [6.07, 6.45) is 0.699. The summed E-state index contributed by atoms with van der Waals surface area (Å²) in [5, 5.41) is 0. The van der Waals surface area contributed by atoms with E-state index < -0.39 is 10.0 Å². The standard InChI is InChI=1S/C16H27N3O2S/c1-16(2)12-19(10-9-15(16)17)22(20,21)14-7-5-13(6-8-14)11-18(3)4/h5-8,15H,9-12,17H2,1-4H3. The quantitative estimate of drug-likeness (QED) is 0.911. The van der Waals surface area contributed by atoms with E-state index in [1.165, 1.54) is 0 Å². The van der Waals surface area contributed by atoms with Crippen molar-refractivity contribution >= 4 is 10.0 Å². The number of hydrogen-bond acceptors (Lipinski definition) is 4. The van der Waals surface area contributed by atoms with E-state index in [1.807, 2.05) is 40.1 Å². The first-order valence-electron chi connectivity index (χ1n) is 7.62. The van der Waals surface area contributed by atoms with Crippen molar-refractivity contribution in [2.24, 2.45) is 11.1 Å². The van der Waals surface area contributed by atoms with Crippen molar-refractivity contribution in [3.63, 3.8) is 0 Å². The zero-order chi connectivity index (χ0) is 16.5. The van der Waals surface area contributed by atoms with Gasteiger partial charge in [-0.15, -0.1) is 0 Å². The lowest BCUT2D eigenvalue weighted by molar-refractivity contribution is 0.155. The molecule has 1 heterocycles. The molecule has 0 spiro atoms. The number of nitrogens with zero attached hydrogens (tertiary/aromatic N) is 2. The van der Waals surface area contributed by atoms with E-state index in [1.54, 1.807) is 16.4 Å². The second-order valence-corrected chi connectivity index (χ2v) is 9.04. The summed E-state index contributed by atoms with van der Waals surface area (Å²) in [5.74, 6) is 0. The largest absolute Gasteiger partial charge is 0.327 e. The molecule has 1 aromatic carbocycles. The highest BCUT2D eigenvalue weighted by molar-refractivity contribution is 7.89. The number of sulfonamides is 1. The Kier molecular flexibility index (Phi) is 4.96. The van der Waals surface area contributed by atoms with Gasteiger partial charge in [0.25, 0.3) is 0 Å². The van der Waals surface area contributed by atoms with Crippen molar-refractivity contribution < 1.29 is 8.42 Å². The van der Waals surface area contributed by atoms with Gasteiger partial charge in [0.05, 0.1) is 4.90 Å². The number of rotatable bonds is 4. The summed E-state index contributed by atoms with van der Waals surface area (Å²) >= 11 is 0. The molecular weight excluding hydrogens is 298 g/mol. The first-order valence-corrected chi connectivity index (χ1v) is 9.06. The molecule has 1 unspecified atom stereocenters. The van der Waals surface area contributed by atoms with Crippen LogP contribution in [-0.2, 0) is 16.6 Å². The zero-order valence-corrected chi connectivity index (χ0v) is 14.7. The van der Waals surface area contributed by atoms with E-state index in [2.05, 4.69) is 4.90 Å². The fourth-order valence-corrected chi connectivity index (χ4v) is 4.44. The van der Waals surface area contributed by atoms with Gasteiger partial charge in [0.1, 0.15) is 0 Å². The Balaban J connectivity index is 2.20. The van der Waals surface area contributed by atoms with Crippen LogP contribution in [0.15, 0.2) is 29.2 Å². The van der Waals surface area contributed by atoms with Crippen molar-refractivity contribution in [1.29, 1.82) is 0 Å². The third-order valence-corrected chi connectivity index (χ3v) is 6.20. The van der Waals surface area contributed by atoms with Crippen molar-refractivity contribution in [3.05, 3.63) is 29.8 Å². The monoisotopic (exact) mass is 325 g/mol. The van der Waals surface area contributed by atoms with E-state index >= 15 is 0 Å². The SMILES string of the molecule is CN(C)Cc1ccc(S(=O)(=O)N2CCC(N)C(C)(C)C2)cc1. The highest BCUT2D eigenvalue weighted by Crippen LogP contribution is 2.31. The molecule has 6 heteroatoms.